The van der Waals surface area contributed by atoms with Crippen molar-refractivity contribution in [1.29, 1.82) is 0 Å². The lowest BCUT2D eigenvalue weighted by molar-refractivity contribution is 0.0764. The minimum absolute atomic E-state index is 0.211. The molecule has 0 saturated heterocycles. The minimum Gasteiger partial charge on any atom is -0.488 e. The van der Waals surface area contributed by atoms with Crippen LogP contribution >= 0.6 is 23.2 Å². The summed E-state index contributed by atoms with van der Waals surface area (Å²) in [7, 11) is 1.67. The highest BCUT2D eigenvalue weighted by molar-refractivity contribution is 6.35. The molecule has 8 heteroatoms. The van der Waals surface area contributed by atoms with Gasteiger partial charge in [0.25, 0.3) is 5.91 Å². The van der Waals surface area contributed by atoms with Gasteiger partial charge in [-0.25, -0.2) is 0 Å². The van der Waals surface area contributed by atoms with Gasteiger partial charge in [-0.3, -0.25) is 4.79 Å². The van der Waals surface area contributed by atoms with E-state index in [0.717, 1.165) is 5.56 Å². The van der Waals surface area contributed by atoms with E-state index in [1.165, 1.54) is 4.90 Å². The van der Waals surface area contributed by atoms with Gasteiger partial charge in [0.05, 0.1) is 12.1 Å². The molecule has 0 fully saturated rings. The zero-order valence-electron chi connectivity index (χ0n) is 15.5. The summed E-state index contributed by atoms with van der Waals surface area (Å²) >= 11 is 12.1. The standard InChI is InChI=1S/C20H19Cl2N3O3/c1-3-18-23-19(28-24-18)11-25(2)20(26)15-6-4-5-7-17(15)27-12-13-8-9-14(21)10-16(13)22/h4-10H,3,11-12H2,1-2H3. The first kappa shape index (κ1) is 20.2. The molecule has 0 spiro atoms. The number of hydrogen-bond acceptors (Lipinski definition) is 5. The molecule has 0 N–H and O–H groups in total. The first-order chi connectivity index (χ1) is 13.5. The van der Waals surface area contributed by atoms with Crippen molar-refractivity contribution >= 4 is 29.1 Å². The number of aromatic nitrogens is 2. The van der Waals surface area contributed by atoms with E-state index < -0.39 is 0 Å². The number of aryl methyl sites for hydroxylation is 1. The average molecular weight is 420 g/mol. The molecule has 0 bridgehead atoms. The third kappa shape index (κ3) is 4.82. The summed E-state index contributed by atoms with van der Waals surface area (Å²) in [6.07, 6.45) is 0.672. The Hall–Kier alpha value is -2.57. The van der Waals surface area contributed by atoms with Crippen molar-refractivity contribution in [3.63, 3.8) is 0 Å². The molecule has 0 radical (unpaired) electrons. The molecule has 0 aliphatic rings. The highest BCUT2D eigenvalue weighted by Gasteiger charge is 2.19. The maximum atomic E-state index is 12.9. The quantitative estimate of drug-likeness (QED) is 0.550. The molecule has 0 aliphatic carbocycles. The Labute approximate surface area is 173 Å². The lowest BCUT2D eigenvalue weighted by Gasteiger charge is -2.17. The van der Waals surface area contributed by atoms with E-state index in [2.05, 4.69) is 10.1 Å². The van der Waals surface area contributed by atoms with Crippen molar-refractivity contribution in [3.05, 3.63) is 75.4 Å². The summed E-state index contributed by atoms with van der Waals surface area (Å²) in [5.74, 6) is 1.25. The van der Waals surface area contributed by atoms with Gasteiger partial charge in [-0.15, -0.1) is 0 Å². The zero-order chi connectivity index (χ0) is 20.1. The maximum Gasteiger partial charge on any atom is 0.257 e. The molecule has 1 amide bonds. The number of para-hydroxylation sites is 1. The lowest BCUT2D eigenvalue weighted by Crippen LogP contribution is -2.26. The summed E-state index contributed by atoms with van der Waals surface area (Å²) in [6, 6.07) is 12.2. The smallest absolute Gasteiger partial charge is 0.257 e. The van der Waals surface area contributed by atoms with Crippen molar-refractivity contribution in [3.8, 4) is 5.75 Å². The van der Waals surface area contributed by atoms with Crippen LogP contribution in [0.2, 0.25) is 10.0 Å². The van der Waals surface area contributed by atoms with Crippen LogP contribution in [0.15, 0.2) is 47.0 Å². The second kappa shape index (κ2) is 9.08. The van der Waals surface area contributed by atoms with Crippen molar-refractivity contribution in [1.82, 2.24) is 15.0 Å². The topological polar surface area (TPSA) is 68.5 Å². The number of ether oxygens (including phenoxy) is 1. The van der Waals surface area contributed by atoms with Crippen LogP contribution in [0.4, 0.5) is 0 Å². The van der Waals surface area contributed by atoms with Gasteiger partial charge in [-0.1, -0.05) is 53.5 Å². The van der Waals surface area contributed by atoms with Crippen LogP contribution in [-0.4, -0.2) is 28.0 Å². The first-order valence-corrected chi connectivity index (χ1v) is 9.46. The van der Waals surface area contributed by atoms with Gasteiger partial charge in [-0.2, -0.15) is 4.98 Å². The Kier molecular flexibility index (Phi) is 6.54. The Bertz CT molecular complexity index is 975. The minimum atomic E-state index is -0.214. The molecule has 1 aromatic heterocycles. The molecule has 0 unspecified atom stereocenters. The zero-order valence-corrected chi connectivity index (χ0v) is 17.0. The second-order valence-electron chi connectivity index (χ2n) is 6.14. The van der Waals surface area contributed by atoms with E-state index in [-0.39, 0.29) is 19.1 Å². The lowest BCUT2D eigenvalue weighted by atomic mass is 10.1. The highest BCUT2D eigenvalue weighted by atomic mass is 35.5. The third-order valence-electron chi connectivity index (χ3n) is 4.06. The fraction of sp³-hybridized carbons (Fsp3) is 0.250. The number of nitrogens with zero attached hydrogens (tertiary/aromatic N) is 3. The predicted molar refractivity (Wildman–Crippen MR) is 107 cm³/mol. The van der Waals surface area contributed by atoms with Gasteiger partial charge in [-0.05, 0) is 24.3 Å². The maximum absolute atomic E-state index is 12.9. The van der Waals surface area contributed by atoms with Crippen LogP contribution in [0.3, 0.4) is 0 Å². The van der Waals surface area contributed by atoms with Gasteiger partial charge in [0.1, 0.15) is 12.4 Å². The third-order valence-corrected chi connectivity index (χ3v) is 4.65. The van der Waals surface area contributed by atoms with Crippen LogP contribution in [0.5, 0.6) is 5.75 Å². The summed E-state index contributed by atoms with van der Waals surface area (Å²) < 4.78 is 11.0. The number of benzene rings is 2. The van der Waals surface area contributed by atoms with Crippen molar-refractivity contribution < 1.29 is 14.1 Å². The molecule has 2 aromatic carbocycles. The summed E-state index contributed by atoms with van der Waals surface area (Å²) in [5, 5.41) is 4.91. The summed E-state index contributed by atoms with van der Waals surface area (Å²) in [6.45, 7) is 2.36. The fourth-order valence-corrected chi connectivity index (χ4v) is 3.00. The van der Waals surface area contributed by atoms with Gasteiger partial charge in [0, 0.05) is 29.1 Å². The van der Waals surface area contributed by atoms with E-state index >= 15 is 0 Å². The molecule has 0 atom stereocenters. The Balaban J connectivity index is 1.72. The fourth-order valence-electron chi connectivity index (χ4n) is 2.54. The van der Waals surface area contributed by atoms with Gasteiger partial charge in [0.15, 0.2) is 5.82 Å². The SMILES string of the molecule is CCc1noc(CN(C)C(=O)c2ccccc2OCc2ccc(Cl)cc2Cl)n1. The van der Waals surface area contributed by atoms with Crippen LogP contribution in [-0.2, 0) is 19.6 Å². The second-order valence-corrected chi connectivity index (χ2v) is 6.98. The molecule has 0 aliphatic heterocycles. The molecule has 1 heterocycles. The molecular formula is C20H19Cl2N3O3. The number of carbonyl (C=O) groups is 1. The number of hydrogen-bond donors (Lipinski definition) is 0. The van der Waals surface area contributed by atoms with Crippen LogP contribution < -0.4 is 4.74 Å². The summed E-state index contributed by atoms with van der Waals surface area (Å²) in [4.78, 5) is 18.6. The van der Waals surface area contributed by atoms with E-state index in [4.69, 9.17) is 32.5 Å². The molecular weight excluding hydrogens is 401 g/mol. The van der Waals surface area contributed by atoms with E-state index in [9.17, 15) is 4.79 Å². The molecule has 0 saturated carbocycles. The highest BCUT2D eigenvalue weighted by Crippen LogP contribution is 2.25. The number of rotatable bonds is 7. The molecule has 6 nitrogen and oxygen atoms in total. The molecule has 146 valence electrons. The van der Waals surface area contributed by atoms with Crippen LogP contribution in [0.25, 0.3) is 0 Å². The Morgan fingerprint density at radius 1 is 1.21 bits per heavy atom. The predicted octanol–water partition coefficient (Wildman–Crippen LogP) is 4.79. The van der Waals surface area contributed by atoms with Gasteiger partial charge >= 0.3 is 0 Å². The van der Waals surface area contributed by atoms with E-state index in [1.54, 1.807) is 49.5 Å². The van der Waals surface area contributed by atoms with Crippen LogP contribution in [0, 0.1) is 0 Å². The average Bonchev–Trinajstić information content (AvgIpc) is 3.14. The summed E-state index contributed by atoms with van der Waals surface area (Å²) in [5.41, 5.74) is 1.21. The molecule has 28 heavy (non-hydrogen) atoms. The molecule has 3 rings (SSSR count). The monoisotopic (exact) mass is 419 g/mol. The van der Waals surface area contributed by atoms with Crippen molar-refractivity contribution in [2.45, 2.75) is 26.5 Å². The van der Waals surface area contributed by atoms with Crippen LogP contribution in [0.1, 0.15) is 34.6 Å². The number of carbonyl (C=O) groups excluding carboxylic acids is 1. The van der Waals surface area contributed by atoms with Crippen molar-refractivity contribution in [2.75, 3.05) is 7.05 Å². The Morgan fingerprint density at radius 3 is 2.71 bits per heavy atom. The largest absolute Gasteiger partial charge is 0.488 e. The number of halogens is 2. The number of amides is 1. The molecule has 3 aromatic rings. The van der Waals surface area contributed by atoms with Crippen molar-refractivity contribution in [2.24, 2.45) is 0 Å². The van der Waals surface area contributed by atoms with Gasteiger partial charge < -0.3 is 14.2 Å². The first-order valence-electron chi connectivity index (χ1n) is 8.70. The normalized spacial score (nSPS) is 10.7. The van der Waals surface area contributed by atoms with Gasteiger partial charge in [0.2, 0.25) is 5.89 Å². The van der Waals surface area contributed by atoms with E-state index in [1.807, 2.05) is 6.92 Å². The Morgan fingerprint density at radius 2 is 2.00 bits per heavy atom. The van der Waals surface area contributed by atoms with E-state index in [0.29, 0.717) is 39.5 Å².